The third-order valence-corrected chi connectivity index (χ3v) is 4.84. The fourth-order valence-corrected chi connectivity index (χ4v) is 3.36. The van der Waals surface area contributed by atoms with E-state index in [2.05, 4.69) is 5.10 Å². The number of aliphatic hydroxyl groups excluding tert-OH is 1. The Kier molecular flexibility index (Phi) is 5.04. The van der Waals surface area contributed by atoms with Crippen molar-refractivity contribution in [1.29, 1.82) is 0 Å². The molecule has 0 aliphatic carbocycles. The first kappa shape index (κ1) is 16.8. The summed E-state index contributed by atoms with van der Waals surface area (Å²) in [4.78, 5) is 14.8. The van der Waals surface area contributed by atoms with Crippen molar-refractivity contribution in [3.8, 4) is 0 Å². The first-order chi connectivity index (χ1) is 11.6. The molecule has 1 amide bonds. The molecule has 3 rings (SSSR count). The summed E-state index contributed by atoms with van der Waals surface area (Å²) in [6.45, 7) is 2.65. The van der Waals surface area contributed by atoms with Crippen LogP contribution in [0.5, 0.6) is 0 Å². The van der Waals surface area contributed by atoms with Crippen LogP contribution >= 0.6 is 0 Å². The molecule has 2 aromatic heterocycles. The van der Waals surface area contributed by atoms with Crippen LogP contribution in [0.15, 0.2) is 28.9 Å². The van der Waals surface area contributed by atoms with Crippen LogP contribution in [0.25, 0.3) is 0 Å². The van der Waals surface area contributed by atoms with Gasteiger partial charge in [0.2, 0.25) is 0 Å². The predicted octanol–water partition coefficient (Wildman–Crippen LogP) is 2.83. The lowest BCUT2D eigenvalue weighted by Gasteiger charge is -2.30. The van der Waals surface area contributed by atoms with Gasteiger partial charge in [0.1, 0.15) is 11.9 Å². The van der Waals surface area contributed by atoms with Crippen LogP contribution in [0.3, 0.4) is 0 Å². The molecule has 1 N–H and O–H groups in total. The van der Waals surface area contributed by atoms with Gasteiger partial charge in [0.15, 0.2) is 5.69 Å². The third kappa shape index (κ3) is 3.53. The van der Waals surface area contributed by atoms with Gasteiger partial charge in [0, 0.05) is 31.7 Å². The molecule has 2 unspecified atom stereocenters. The summed E-state index contributed by atoms with van der Waals surface area (Å²) in [7, 11) is 1.84. The number of hydrogen-bond acceptors (Lipinski definition) is 4. The zero-order chi connectivity index (χ0) is 17.1. The van der Waals surface area contributed by atoms with E-state index in [0.29, 0.717) is 24.4 Å². The van der Waals surface area contributed by atoms with Crippen LogP contribution in [0.4, 0.5) is 0 Å². The highest BCUT2D eigenvalue weighted by Crippen LogP contribution is 2.27. The second kappa shape index (κ2) is 7.21. The normalized spacial score (nSPS) is 20.0. The summed E-state index contributed by atoms with van der Waals surface area (Å²) in [5.41, 5.74) is 1.44. The minimum absolute atomic E-state index is 0.00223. The van der Waals surface area contributed by atoms with Gasteiger partial charge in [-0.05, 0) is 38.0 Å². The van der Waals surface area contributed by atoms with E-state index in [1.807, 2.05) is 24.9 Å². The second-order valence-electron chi connectivity index (χ2n) is 6.56. The minimum atomic E-state index is -0.691. The van der Waals surface area contributed by atoms with Gasteiger partial charge >= 0.3 is 0 Å². The molecule has 130 valence electrons. The number of carbonyl (C=O) groups is 1. The summed E-state index contributed by atoms with van der Waals surface area (Å²) in [5.74, 6) is 0.512. The lowest BCUT2D eigenvalue weighted by Crippen LogP contribution is -2.41. The smallest absolute Gasteiger partial charge is 0.274 e. The molecule has 2 atom stereocenters. The van der Waals surface area contributed by atoms with Crippen LogP contribution in [0, 0.1) is 6.92 Å². The van der Waals surface area contributed by atoms with Gasteiger partial charge < -0.3 is 14.4 Å². The number of carbonyl (C=O) groups excluding carboxylic acids is 1. The molecule has 3 heterocycles. The van der Waals surface area contributed by atoms with E-state index in [-0.39, 0.29) is 11.9 Å². The molecule has 1 saturated heterocycles. The van der Waals surface area contributed by atoms with Gasteiger partial charge in [-0.25, -0.2) is 0 Å². The maximum absolute atomic E-state index is 12.9. The average molecular weight is 331 g/mol. The SMILES string of the molecule is Cc1cc(C(=O)N2CCCCCC2CC(O)c2ccco2)nn1C. The number of furan rings is 1. The predicted molar refractivity (Wildman–Crippen MR) is 89.5 cm³/mol. The number of aryl methyl sites for hydroxylation is 2. The number of rotatable bonds is 4. The Balaban J connectivity index is 1.78. The molecule has 0 aromatic carbocycles. The number of aromatic nitrogens is 2. The zero-order valence-corrected chi connectivity index (χ0v) is 14.3. The van der Waals surface area contributed by atoms with E-state index < -0.39 is 6.10 Å². The fraction of sp³-hybridized carbons (Fsp3) is 0.556. The van der Waals surface area contributed by atoms with Crippen molar-refractivity contribution in [1.82, 2.24) is 14.7 Å². The van der Waals surface area contributed by atoms with Crippen molar-refractivity contribution in [3.63, 3.8) is 0 Å². The zero-order valence-electron chi connectivity index (χ0n) is 14.3. The Bertz CT molecular complexity index is 658. The highest BCUT2D eigenvalue weighted by Gasteiger charge is 2.30. The van der Waals surface area contributed by atoms with Crippen LogP contribution in [0.1, 0.15) is 60.2 Å². The van der Waals surface area contributed by atoms with E-state index in [0.717, 1.165) is 31.4 Å². The highest BCUT2D eigenvalue weighted by molar-refractivity contribution is 5.92. The lowest BCUT2D eigenvalue weighted by atomic mass is 10.0. The largest absolute Gasteiger partial charge is 0.467 e. The molecule has 0 spiro atoms. The molecule has 24 heavy (non-hydrogen) atoms. The molecule has 6 nitrogen and oxygen atoms in total. The van der Waals surface area contributed by atoms with Crippen LogP contribution in [-0.2, 0) is 7.05 Å². The van der Waals surface area contributed by atoms with Gasteiger partial charge in [-0.15, -0.1) is 0 Å². The van der Waals surface area contributed by atoms with Crippen molar-refractivity contribution in [2.75, 3.05) is 6.54 Å². The standard InChI is InChI=1S/C18H25N3O3/c1-13-11-15(19-20(13)2)18(23)21-9-5-3-4-7-14(21)12-16(22)17-8-6-10-24-17/h6,8,10-11,14,16,22H,3-5,7,9,12H2,1-2H3. The molecule has 0 bridgehead atoms. The quantitative estimate of drug-likeness (QED) is 0.935. The molecule has 1 aliphatic heterocycles. The Labute approximate surface area is 142 Å². The third-order valence-electron chi connectivity index (χ3n) is 4.84. The molecule has 1 fully saturated rings. The summed E-state index contributed by atoms with van der Waals surface area (Å²) in [5, 5.41) is 14.7. The van der Waals surface area contributed by atoms with Gasteiger partial charge in [-0.1, -0.05) is 12.8 Å². The van der Waals surface area contributed by atoms with Crippen LogP contribution in [-0.4, -0.2) is 38.3 Å². The average Bonchev–Trinajstić information content (AvgIpc) is 3.14. The highest BCUT2D eigenvalue weighted by atomic mass is 16.4. The first-order valence-electron chi connectivity index (χ1n) is 8.59. The molecule has 1 aliphatic rings. The number of nitrogens with zero attached hydrogens (tertiary/aromatic N) is 3. The van der Waals surface area contributed by atoms with E-state index in [1.54, 1.807) is 23.1 Å². The first-order valence-corrected chi connectivity index (χ1v) is 8.59. The Morgan fingerprint density at radius 1 is 1.46 bits per heavy atom. The fourth-order valence-electron chi connectivity index (χ4n) is 3.36. The summed E-state index contributed by atoms with van der Waals surface area (Å²) >= 11 is 0. The number of hydrogen-bond donors (Lipinski definition) is 1. The Hall–Kier alpha value is -2.08. The minimum Gasteiger partial charge on any atom is -0.467 e. The number of aliphatic hydroxyl groups is 1. The maximum atomic E-state index is 12.9. The summed E-state index contributed by atoms with van der Waals surface area (Å²) < 4.78 is 7.02. The maximum Gasteiger partial charge on any atom is 0.274 e. The van der Waals surface area contributed by atoms with Crippen molar-refractivity contribution in [2.45, 2.75) is 51.2 Å². The van der Waals surface area contributed by atoms with Crippen molar-refractivity contribution in [3.05, 3.63) is 41.6 Å². The topological polar surface area (TPSA) is 71.5 Å². The molecular weight excluding hydrogens is 306 g/mol. The second-order valence-corrected chi connectivity index (χ2v) is 6.56. The van der Waals surface area contributed by atoms with Crippen LogP contribution in [0.2, 0.25) is 0 Å². The summed E-state index contributed by atoms with van der Waals surface area (Å²) in [6.07, 6.45) is 5.43. The van der Waals surface area contributed by atoms with Gasteiger partial charge in [-0.2, -0.15) is 5.10 Å². The lowest BCUT2D eigenvalue weighted by molar-refractivity contribution is 0.0551. The molecule has 0 saturated carbocycles. The molecular formula is C18H25N3O3. The number of amides is 1. The van der Waals surface area contributed by atoms with E-state index in [9.17, 15) is 9.90 Å². The summed E-state index contributed by atoms with van der Waals surface area (Å²) in [6, 6.07) is 5.37. The van der Waals surface area contributed by atoms with Gasteiger partial charge in [0.05, 0.1) is 6.26 Å². The Morgan fingerprint density at radius 2 is 2.29 bits per heavy atom. The Morgan fingerprint density at radius 3 is 2.96 bits per heavy atom. The number of likely N-dealkylation sites (tertiary alicyclic amines) is 1. The monoisotopic (exact) mass is 331 g/mol. The van der Waals surface area contributed by atoms with Gasteiger partial charge in [0.25, 0.3) is 5.91 Å². The van der Waals surface area contributed by atoms with Crippen LogP contribution < -0.4 is 0 Å². The van der Waals surface area contributed by atoms with Crippen molar-refractivity contribution >= 4 is 5.91 Å². The van der Waals surface area contributed by atoms with E-state index in [4.69, 9.17) is 4.42 Å². The molecule has 6 heteroatoms. The van der Waals surface area contributed by atoms with E-state index in [1.165, 1.54) is 0 Å². The molecule has 2 aromatic rings. The van der Waals surface area contributed by atoms with Crippen molar-refractivity contribution < 1.29 is 14.3 Å². The van der Waals surface area contributed by atoms with Gasteiger partial charge in [-0.3, -0.25) is 9.48 Å². The van der Waals surface area contributed by atoms with E-state index >= 15 is 0 Å². The molecule has 0 radical (unpaired) electrons. The van der Waals surface area contributed by atoms with Crippen molar-refractivity contribution in [2.24, 2.45) is 7.05 Å².